The molecule has 2 rings (SSSR count). The molecule has 0 saturated carbocycles. The van der Waals surface area contributed by atoms with Crippen LogP contribution in [0.1, 0.15) is 24.4 Å². The summed E-state index contributed by atoms with van der Waals surface area (Å²) in [6, 6.07) is 3.80. The molecule has 0 fully saturated rings. The molecule has 2 heterocycles. The number of hydrogen-bond donors (Lipinski definition) is 1. The van der Waals surface area contributed by atoms with E-state index in [2.05, 4.69) is 31.2 Å². The minimum atomic E-state index is -0.0911. The summed E-state index contributed by atoms with van der Waals surface area (Å²) in [6.45, 7) is 2.49. The van der Waals surface area contributed by atoms with E-state index in [-0.39, 0.29) is 6.04 Å². The molecule has 2 aromatic rings. The molecular formula is C10H12BrN5. The van der Waals surface area contributed by atoms with Gasteiger partial charge in [-0.05, 0) is 35.0 Å². The average Bonchev–Trinajstić information content (AvgIpc) is 2.70. The molecule has 0 aromatic carbocycles. The van der Waals surface area contributed by atoms with Crippen LogP contribution in [0.3, 0.4) is 0 Å². The number of hydrogen-bond acceptors (Lipinski definition) is 4. The zero-order valence-corrected chi connectivity index (χ0v) is 10.4. The summed E-state index contributed by atoms with van der Waals surface area (Å²) in [7, 11) is 0. The van der Waals surface area contributed by atoms with Gasteiger partial charge in [0.15, 0.2) is 0 Å². The molecule has 1 atom stereocenters. The van der Waals surface area contributed by atoms with Crippen LogP contribution in [0.4, 0.5) is 0 Å². The summed E-state index contributed by atoms with van der Waals surface area (Å²) in [5.74, 6) is 0. The van der Waals surface area contributed by atoms with Crippen molar-refractivity contribution in [2.24, 2.45) is 5.73 Å². The van der Waals surface area contributed by atoms with Crippen molar-refractivity contribution in [3.8, 4) is 0 Å². The monoisotopic (exact) mass is 281 g/mol. The molecule has 84 valence electrons. The predicted molar refractivity (Wildman–Crippen MR) is 63.7 cm³/mol. The third-order valence-corrected chi connectivity index (χ3v) is 2.60. The smallest absolute Gasteiger partial charge is 0.0991 e. The Labute approximate surface area is 102 Å². The van der Waals surface area contributed by atoms with Crippen LogP contribution in [0, 0.1) is 0 Å². The minimum absolute atomic E-state index is 0.0911. The summed E-state index contributed by atoms with van der Waals surface area (Å²) in [6.07, 6.45) is 3.60. The SMILES string of the molecule is CC(N)c1cn(Cc2ccc(Br)cn2)nn1. The molecule has 16 heavy (non-hydrogen) atoms. The second-order valence-corrected chi connectivity index (χ2v) is 4.51. The maximum absolute atomic E-state index is 5.70. The van der Waals surface area contributed by atoms with Crippen LogP contribution in [0.2, 0.25) is 0 Å². The van der Waals surface area contributed by atoms with Gasteiger partial charge in [-0.25, -0.2) is 4.68 Å². The summed E-state index contributed by atoms with van der Waals surface area (Å²) in [4.78, 5) is 4.26. The van der Waals surface area contributed by atoms with Gasteiger partial charge < -0.3 is 5.73 Å². The summed E-state index contributed by atoms with van der Waals surface area (Å²) in [5, 5.41) is 7.97. The van der Waals surface area contributed by atoms with Crippen LogP contribution in [-0.2, 0) is 6.54 Å². The predicted octanol–water partition coefficient (Wildman–Crippen LogP) is 1.50. The van der Waals surface area contributed by atoms with Crippen molar-refractivity contribution in [3.63, 3.8) is 0 Å². The zero-order chi connectivity index (χ0) is 11.5. The molecule has 0 amide bonds. The van der Waals surface area contributed by atoms with Crippen molar-refractivity contribution in [1.29, 1.82) is 0 Å². The first-order valence-electron chi connectivity index (χ1n) is 4.91. The van der Waals surface area contributed by atoms with Crippen LogP contribution >= 0.6 is 15.9 Å². The van der Waals surface area contributed by atoms with Crippen molar-refractivity contribution in [1.82, 2.24) is 20.0 Å². The van der Waals surface area contributed by atoms with Gasteiger partial charge >= 0.3 is 0 Å². The van der Waals surface area contributed by atoms with E-state index in [0.29, 0.717) is 6.54 Å². The van der Waals surface area contributed by atoms with Crippen molar-refractivity contribution >= 4 is 15.9 Å². The lowest BCUT2D eigenvalue weighted by Crippen LogP contribution is -2.05. The largest absolute Gasteiger partial charge is 0.323 e. The van der Waals surface area contributed by atoms with Crippen LogP contribution in [0.5, 0.6) is 0 Å². The second kappa shape index (κ2) is 4.71. The highest BCUT2D eigenvalue weighted by atomic mass is 79.9. The molecule has 0 radical (unpaired) electrons. The van der Waals surface area contributed by atoms with E-state index < -0.39 is 0 Å². The van der Waals surface area contributed by atoms with E-state index >= 15 is 0 Å². The molecule has 1 unspecified atom stereocenters. The number of halogens is 1. The molecule has 0 aliphatic carbocycles. The Morgan fingerprint density at radius 2 is 2.31 bits per heavy atom. The van der Waals surface area contributed by atoms with Crippen molar-refractivity contribution in [3.05, 3.63) is 40.4 Å². The van der Waals surface area contributed by atoms with E-state index in [1.165, 1.54) is 0 Å². The molecular weight excluding hydrogens is 270 g/mol. The van der Waals surface area contributed by atoms with Gasteiger partial charge in [0.05, 0.1) is 24.1 Å². The van der Waals surface area contributed by atoms with E-state index in [4.69, 9.17) is 5.73 Å². The second-order valence-electron chi connectivity index (χ2n) is 3.60. The van der Waals surface area contributed by atoms with Gasteiger partial charge in [0, 0.05) is 16.7 Å². The Kier molecular flexibility index (Phi) is 3.31. The van der Waals surface area contributed by atoms with Crippen LogP contribution in [0.25, 0.3) is 0 Å². The highest BCUT2D eigenvalue weighted by Crippen LogP contribution is 2.09. The maximum Gasteiger partial charge on any atom is 0.0991 e. The Balaban J connectivity index is 2.11. The third-order valence-electron chi connectivity index (χ3n) is 2.14. The molecule has 5 nitrogen and oxygen atoms in total. The molecule has 2 N–H and O–H groups in total. The number of aromatic nitrogens is 4. The fourth-order valence-corrected chi connectivity index (χ4v) is 1.50. The summed E-state index contributed by atoms with van der Waals surface area (Å²) >= 11 is 3.34. The highest BCUT2D eigenvalue weighted by molar-refractivity contribution is 9.10. The summed E-state index contributed by atoms with van der Waals surface area (Å²) in [5.41, 5.74) is 7.43. The number of nitrogens with zero attached hydrogens (tertiary/aromatic N) is 4. The number of rotatable bonds is 3. The molecule has 0 aliphatic rings. The van der Waals surface area contributed by atoms with Crippen LogP contribution < -0.4 is 5.73 Å². The quantitative estimate of drug-likeness (QED) is 0.926. The Bertz CT molecular complexity index is 462. The molecule has 2 aromatic heterocycles. The highest BCUT2D eigenvalue weighted by Gasteiger charge is 2.05. The number of nitrogens with two attached hydrogens (primary N) is 1. The van der Waals surface area contributed by atoms with E-state index in [0.717, 1.165) is 15.9 Å². The summed E-state index contributed by atoms with van der Waals surface area (Å²) < 4.78 is 2.70. The molecule has 6 heteroatoms. The van der Waals surface area contributed by atoms with Gasteiger partial charge in [-0.3, -0.25) is 4.98 Å². The lowest BCUT2D eigenvalue weighted by Gasteiger charge is -2.00. The fraction of sp³-hybridized carbons (Fsp3) is 0.300. The lowest BCUT2D eigenvalue weighted by molar-refractivity contribution is 0.637. The van der Waals surface area contributed by atoms with Gasteiger partial charge in [0.1, 0.15) is 0 Å². The average molecular weight is 282 g/mol. The normalized spacial score (nSPS) is 12.7. The first-order valence-corrected chi connectivity index (χ1v) is 5.70. The minimum Gasteiger partial charge on any atom is -0.323 e. The fourth-order valence-electron chi connectivity index (χ4n) is 1.27. The first kappa shape index (κ1) is 11.2. The van der Waals surface area contributed by atoms with E-state index in [9.17, 15) is 0 Å². The van der Waals surface area contributed by atoms with Gasteiger partial charge in [-0.2, -0.15) is 0 Å². The zero-order valence-electron chi connectivity index (χ0n) is 8.84. The van der Waals surface area contributed by atoms with E-state index in [1.807, 2.05) is 25.3 Å². The molecule has 0 spiro atoms. The molecule has 0 bridgehead atoms. The Morgan fingerprint density at radius 3 is 2.88 bits per heavy atom. The molecule has 0 saturated heterocycles. The molecule has 0 aliphatic heterocycles. The third kappa shape index (κ3) is 2.65. The standard InChI is InChI=1S/C10H12BrN5/c1-7(12)10-6-16(15-14-10)5-9-3-2-8(11)4-13-9/h2-4,6-7H,5,12H2,1H3. The number of pyridine rings is 1. The van der Waals surface area contributed by atoms with Gasteiger partial charge in [-0.15, -0.1) is 5.10 Å². The topological polar surface area (TPSA) is 69.6 Å². The van der Waals surface area contributed by atoms with Crippen molar-refractivity contribution in [2.75, 3.05) is 0 Å². The van der Waals surface area contributed by atoms with Crippen molar-refractivity contribution in [2.45, 2.75) is 19.5 Å². The first-order chi connectivity index (χ1) is 7.65. The van der Waals surface area contributed by atoms with Crippen molar-refractivity contribution < 1.29 is 0 Å². The van der Waals surface area contributed by atoms with Gasteiger partial charge in [0.25, 0.3) is 0 Å². The van der Waals surface area contributed by atoms with Gasteiger partial charge in [0.2, 0.25) is 0 Å². The Hall–Kier alpha value is -1.27. The van der Waals surface area contributed by atoms with Crippen LogP contribution in [0.15, 0.2) is 29.0 Å². The Morgan fingerprint density at radius 1 is 1.50 bits per heavy atom. The maximum atomic E-state index is 5.70. The van der Waals surface area contributed by atoms with Gasteiger partial charge in [-0.1, -0.05) is 5.21 Å². The van der Waals surface area contributed by atoms with E-state index in [1.54, 1.807) is 10.9 Å². The van der Waals surface area contributed by atoms with Crippen LogP contribution in [-0.4, -0.2) is 20.0 Å². The lowest BCUT2D eigenvalue weighted by atomic mass is 10.3.